The maximum Gasteiger partial charge on any atom is 0.222 e. The zero-order chi connectivity index (χ0) is 16.7. The molecular formula is C17H25ClN2O3. The van der Waals surface area contributed by atoms with Crippen LogP contribution in [0.15, 0.2) is 12.1 Å². The van der Waals surface area contributed by atoms with E-state index in [9.17, 15) is 4.79 Å². The van der Waals surface area contributed by atoms with Gasteiger partial charge in [-0.05, 0) is 44.0 Å². The number of carbonyl (C=O) groups excluding carboxylic acids is 1. The van der Waals surface area contributed by atoms with Crippen molar-refractivity contribution in [3.05, 3.63) is 22.7 Å². The normalized spacial score (nSPS) is 14.4. The lowest BCUT2D eigenvalue weighted by Gasteiger charge is -2.16. The summed E-state index contributed by atoms with van der Waals surface area (Å²) in [7, 11) is 1.61. The first-order chi connectivity index (χ1) is 11.2. The van der Waals surface area contributed by atoms with Crippen LogP contribution in [0.3, 0.4) is 0 Å². The predicted molar refractivity (Wildman–Crippen MR) is 91.3 cm³/mol. The first-order valence-electron chi connectivity index (χ1n) is 8.13. The fourth-order valence-corrected chi connectivity index (χ4v) is 3.02. The second kappa shape index (κ2) is 8.99. The van der Waals surface area contributed by atoms with Crippen molar-refractivity contribution in [1.29, 1.82) is 0 Å². The number of hydrogen-bond donors (Lipinski definition) is 1. The van der Waals surface area contributed by atoms with Crippen molar-refractivity contribution in [3.63, 3.8) is 0 Å². The van der Waals surface area contributed by atoms with E-state index in [1.165, 1.54) is 0 Å². The molecule has 6 heteroatoms. The van der Waals surface area contributed by atoms with Crippen molar-refractivity contribution in [1.82, 2.24) is 10.2 Å². The zero-order valence-electron chi connectivity index (χ0n) is 13.9. The highest BCUT2D eigenvalue weighted by atomic mass is 35.5. The van der Waals surface area contributed by atoms with Crippen LogP contribution in [0.25, 0.3) is 0 Å². The van der Waals surface area contributed by atoms with Gasteiger partial charge in [0.25, 0.3) is 0 Å². The highest BCUT2D eigenvalue weighted by molar-refractivity contribution is 6.32. The van der Waals surface area contributed by atoms with Crippen LogP contribution in [0, 0.1) is 0 Å². The number of amides is 1. The van der Waals surface area contributed by atoms with E-state index in [0.717, 1.165) is 38.0 Å². The van der Waals surface area contributed by atoms with E-state index in [0.29, 0.717) is 36.1 Å². The average Bonchev–Trinajstić information content (AvgIpc) is 2.94. The Hall–Kier alpha value is -1.46. The number of ether oxygens (including phenoxy) is 2. The smallest absolute Gasteiger partial charge is 0.222 e. The molecule has 1 aromatic carbocycles. The molecule has 0 spiro atoms. The van der Waals surface area contributed by atoms with Gasteiger partial charge in [-0.25, -0.2) is 0 Å². The summed E-state index contributed by atoms with van der Waals surface area (Å²) in [5, 5.41) is 3.94. The summed E-state index contributed by atoms with van der Waals surface area (Å²) < 4.78 is 10.9. The average molecular weight is 341 g/mol. The van der Waals surface area contributed by atoms with E-state index in [2.05, 4.69) is 5.32 Å². The van der Waals surface area contributed by atoms with Gasteiger partial charge in [-0.2, -0.15) is 0 Å². The van der Waals surface area contributed by atoms with Gasteiger partial charge in [-0.1, -0.05) is 11.6 Å². The lowest BCUT2D eigenvalue weighted by atomic mass is 10.2. The van der Waals surface area contributed by atoms with E-state index < -0.39 is 0 Å². The van der Waals surface area contributed by atoms with Crippen LogP contribution in [-0.4, -0.2) is 44.2 Å². The van der Waals surface area contributed by atoms with Gasteiger partial charge in [0, 0.05) is 26.1 Å². The van der Waals surface area contributed by atoms with E-state index in [-0.39, 0.29) is 5.91 Å². The Morgan fingerprint density at radius 1 is 1.39 bits per heavy atom. The minimum Gasteiger partial charge on any atom is -0.493 e. The Bertz CT molecular complexity index is 537. The Morgan fingerprint density at radius 3 is 2.87 bits per heavy atom. The lowest BCUT2D eigenvalue weighted by molar-refractivity contribution is -0.127. The molecule has 23 heavy (non-hydrogen) atoms. The molecule has 1 fully saturated rings. The van der Waals surface area contributed by atoms with Gasteiger partial charge < -0.3 is 19.7 Å². The van der Waals surface area contributed by atoms with Crippen molar-refractivity contribution in [2.45, 2.75) is 32.7 Å². The summed E-state index contributed by atoms with van der Waals surface area (Å²) in [6.07, 6.45) is 2.66. The number of likely N-dealkylation sites (tertiary alicyclic amines) is 1. The standard InChI is InChI=1S/C17H25ClN2O3/c1-3-23-17-14(18)10-13(11-15(17)22-2)12-19-7-5-9-20-8-4-6-16(20)21/h10-11,19H,3-9,12H2,1-2H3. The number of benzene rings is 1. The summed E-state index contributed by atoms with van der Waals surface area (Å²) in [6.45, 7) is 5.76. The molecule has 5 nitrogen and oxygen atoms in total. The third kappa shape index (κ3) is 5.01. The van der Waals surface area contributed by atoms with Crippen LogP contribution in [0.1, 0.15) is 31.7 Å². The lowest BCUT2D eigenvalue weighted by Crippen LogP contribution is -2.28. The van der Waals surface area contributed by atoms with E-state index in [4.69, 9.17) is 21.1 Å². The van der Waals surface area contributed by atoms with E-state index >= 15 is 0 Å². The van der Waals surface area contributed by atoms with Gasteiger partial charge in [0.05, 0.1) is 18.7 Å². The van der Waals surface area contributed by atoms with Crippen molar-refractivity contribution in [2.24, 2.45) is 0 Å². The number of methoxy groups -OCH3 is 1. The van der Waals surface area contributed by atoms with Crippen LogP contribution < -0.4 is 14.8 Å². The Balaban J connectivity index is 1.79. The molecule has 0 aliphatic carbocycles. The minimum atomic E-state index is 0.285. The number of halogens is 1. The number of nitrogens with zero attached hydrogens (tertiary/aromatic N) is 1. The largest absolute Gasteiger partial charge is 0.493 e. The maximum atomic E-state index is 11.5. The summed E-state index contributed by atoms with van der Waals surface area (Å²) >= 11 is 6.26. The molecule has 0 radical (unpaired) electrons. The predicted octanol–water partition coefficient (Wildman–Crippen LogP) is 2.85. The van der Waals surface area contributed by atoms with Crippen LogP contribution >= 0.6 is 11.6 Å². The highest BCUT2D eigenvalue weighted by Gasteiger charge is 2.18. The SMILES string of the molecule is CCOc1c(Cl)cc(CNCCCN2CCCC2=O)cc1OC. The third-order valence-electron chi connectivity index (χ3n) is 3.86. The molecule has 0 atom stereocenters. The fraction of sp³-hybridized carbons (Fsp3) is 0.588. The molecule has 1 aliphatic heterocycles. The molecule has 1 saturated heterocycles. The van der Waals surface area contributed by atoms with Gasteiger partial charge in [0.15, 0.2) is 11.5 Å². The molecular weight excluding hydrogens is 316 g/mol. The van der Waals surface area contributed by atoms with Crippen molar-refractivity contribution < 1.29 is 14.3 Å². The molecule has 1 N–H and O–H groups in total. The topological polar surface area (TPSA) is 50.8 Å². The van der Waals surface area contributed by atoms with Gasteiger partial charge >= 0.3 is 0 Å². The Labute approximate surface area is 142 Å². The first-order valence-corrected chi connectivity index (χ1v) is 8.51. The summed E-state index contributed by atoms with van der Waals surface area (Å²) in [6, 6.07) is 3.83. The monoisotopic (exact) mass is 340 g/mol. The zero-order valence-corrected chi connectivity index (χ0v) is 14.6. The van der Waals surface area contributed by atoms with Crippen LogP contribution in [0.4, 0.5) is 0 Å². The quantitative estimate of drug-likeness (QED) is 0.702. The highest BCUT2D eigenvalue weighted by Crippen LogP contribution is 2.36. The van der Waals surface area contributed by atoms with Gasteiger partial charge in [-0.15, -0.1) is 0 Å². The van der Waals surface area contributed by atoms with Gasteiger partial charge in [0.2, 0.25) is 5.91 Å². The van der Waals surface area contributed by atoms with Crippen LogP contribution in [0.2, 0.25) is 5.02 Å². The summed E-state index contributed by atoms with van der Waals surface area (Å²) in [4.78, 5) is 13.5. The van der Waals surface area contributed by atoms with E-state index in [1.807, 2.05) is 24.0 Å². The van der Waals surface area contributed by atoms with Gasteiger partial charge in [-0.3, -0.25) is 4.79 Å². The van der Waals surface area contributed by atoms with Crippen LogP contribution in [0.5, 0.6) is 11.5 Å². The molecule has 0 unspecified atom stereocenters. The second-order valence-corrected chi connectivity index (χ2v) is 5.96. The molecule has 1 aromatic rings. The van der Waals surface area contributed by atoms with E-state index in [1.54, 1.807) is 7.11 Å². The van der Waals surface area contributed by atoms with Crippen LogP contribution in [-0.2, 0) is 11.3 Å². The molecule has 1 heterocycles. The minimum absolute atomic E-state index is 0.285. The maximum absolute atomic E-state index is 11.5. The molecule has 2 rings (SSSR count). The summed E-state index contributed by atoms with van der Waals surface area (Å²) in [5.41, 5.74) is 1.05. The van der Waals surface area contributed by atoms with Crippen molar-refractivity contribution in [3.8, 4) is 11.5 Å². The number of nitrogens with one attached hydrogen (secondary N) is 1. The number of rotatable bonds is 9. The van der Waals surface area contributed by atoms with Crippen molar-refractivity contribution >= 4 is 17.5 Å². The number of hydrogen-bond acceptors (Lipinski definition) is 4. The molecule has 128 valence electrons. The second-order valence-electron chi connectivity index (χ2n) is 5.56. The molecule has 1 aliphatic rings. The number of carbonyl (C=O) groups is 1. The molecule has 0 saturated carbocycles. The van der Waals surface area contributed by atoms with Gasteiger partial charge in [0.1, 0.15) is 0 Å². The fourth-order valence-electron chi connectivity index (χ4n) is 2.73. The first kappa shape index (κ1) is 17.9. The third-order valence-corrected chi connectivity index (χ3v) is 4.14. The van der Waals surface area contributed by atoms with Crippen molar-refractivity contribution in [2.75, 3.05) is 33.4 Å². The molecule has 0 aromatic heterocycles. The molecule has 0 bridgehead atoms. The Morgan fingerprint density at radius 2 is 2.22 bits per heavy atom. The summed E-state index contributed by atoms with van der Waals surface area (Å²) in [5.74, 6) is 1.53. The molecule has 1 amide bonds. The Kier molecular flexibility index (Phi) is 6.99.